The Labute approximate surface area is 145 Å². The zero-order valence-corrected chi connectivity index (χ0v) is 14.2. The van der Waals surface area contributed by atoms with E-state index in [2.05, 4.69) is 32.1 Å². The Morgan fingerprint density at radius 1 is 1.28 bits per heavy atom. The molecule has 2 aliphatic rings. The van der Waals surface area contributed by atoms with E-state index >= 15 is 0 Å². The van der Waals surface area contributed by atoms with Gasteiger partial charge in [-0.05, 0) is 38.2 Å². The van der Waals surface area contributed by atoms with Crippen LogP contribution in [-0.4, -0.2) is 39.8 Å². The third kappa shape index (κ3) is 3.07. The van der Waals surface area contributed by atoms with Gasteiger partial charge in [0.2, 0.25) is 0 Å². The molecule has 1 amide bonds. The Hall–Kier alpha value is -2.90. The largest absolute Gasteiger partial charge is 0.385 e. The number of carbonyl (C=O) groups excluding carboxylic acids is 1. The number of rotatable bonds is 1. The molecule has 4 bridgehead atoms. The lowest BCUT2D eigenvalue weighted by atomic mass is 10.1. The lowest BCUT2D eigenvalue weighted by Gasteiger charge is -2.16. The molecule has 8 heteroatoms. The Balaban J connectivity index is 1.81. The number of nitrogens with zero attached hydrogens (tertiary/aromatic N) is 4. The molecule has 25 heavy (non-hydrogen) atoms. The summed E-state index contributed by atoms with van der Waals surface area (Å²) < 4.78 is 1.57. The van der Waals surface area contributed by atoms with E-state index in [4.69, 9.17) is 4.99 Å². The van der Waals surface area contributed by atoms with Gasteiger partial charge in [0.05, 0.1) is 11.9 Å². The van der Waals surface area contributed by atoms with Crippen LogP contribution in [0, 0.1) is 0 Å². The summed E-state index contributed by atoms with van der Waals surface area (Å²) in [5.74, 6) is 1.28. The van der Waals surface area contributed by atoms with Crippen molar-refractivity contribution in [2.75, 3.05) is 24.2 Å². The third-order valence-corrected chi connectivity index (χ3v) is 4.45. The van der Waals surface area contributed by atoms with Gasteiger partial charge in [-0.15, -0.1) is 5.10 Å². The summed E-state index contributed by atoms with van der Waals surface area (Å²) in [6.07, 6.45) is 8.52. The monoisotopic (exact) mass is 339 g/mol. The lowest BCUT2D eigenvalue weighted by Crippen LogP contribution is -2.26. The Morgan fingerprint density at radius 3 is 3.08 bits per heavy atom. The summed E-state index contributed by atoms with van der Waals surface area (Å²) >= 11 is 0. The van der Waals surface area contributed by atoms with Gasteiger partial charge in [-0.1, -0.05) is 0 Å². The molecule has 0 spiro atoms. The molecule has 2 aromatic heterocycles. The van der Waals surface area contributed by atoms with E-state index in [-0.39, 0.29) is 5.91 Å². The van der Waals surface area contributed by atoms with Crippen LogP contribution in [0.4, 0.5) is 11.5 Å². The number of fused-ring (bicyclic) bond motifs is 2. The molecule has 0 aromatic carbocycles. The second kappa shape index (κ2) is 6.54. The van der Waals surface area contributed by atoms with Gasteiger partial charge in [0.15, 0.2) is 17.2 Å². The molecule has 8 nitrogen and oxygen atoms in total. The van der Waals surface area contributed by atoms with E-state index < -0.39 is 0 Å². The lowest BCUT2D eigenvalue weighted by molar-refractivity contribution is 0.0946. The van der Waals surface area contributed by atoms with E-state index in [9.17, 15) is 4.79 Å². The first kappa shape index (κ1) is 15.6. The summed E-state index contributed by atoms with van der Waals surface area (Å²) in [6, 6.07) is 1.88. The second-order valence-corrected chi connectivity index (χ2v) is 6.22. The number of nitrogens with one attached hydrogen (secondary N) is 3. The summed E-state index contributed by atoms with van der Waals surface area (Å²) in [5, 5.41) is 13.9. The molecule has 0 unspecified atom stereocenters. The summed E-state index contributed by atoms with van der Waals surface area (Å²) in [4.78, 5) is 21.5. The summed E-state index contributed by atoms with van der Waals surface area (Å²) in [6.45, 7) is 0.638. The minimum atomic E-state index is -0.159. The molecule has 3 N–H and O–H groups in total. The average molecular weight is 339 g/mol. The fourth-order valence-electron chi connectivity index (χ4n) is 3.15. The summed E-state index contributed by atoms with van der Waals surface area (Å²) in [7, 11) is 1.82. The maximum atomic E-state index is 12.5. The fourth-order valence-corrected chi connectivity index (χ4v) is 3.15. The fraction of sp³-hybridized carbons (Fsp3) is 0.412. The van der Waals surface area contributed by atoms with E-state index in [0.29, 0.717) is 23.7 Å². The van der Waals surface area contributed by atoms with Crippen molar-refractivity contribution in [3.63, 3.8) is 0 Å². The molecule has 2 aliphatic heterocycles. The van der Waals surface area contributed by atoms with Crippen molar-refractivity contribution >= 4 is 28.8 Å². The number of anilines is 2. The molecular weight excluding hydrogens is 318 g/mol. The van der Waals surface area contributed by atoms with Gasteiger partial charge >= 0.3 is 0 Å². The van der Waals surface area contributed by atoms with Crippen LogP contribution < -0.4 is 16.0 Å². The summed E-state index contributed by atoms with van der Waals surface area (Å²) in [5.41, 5.74) is 3.04. The molecule has 0 fully saturated rings. The van der Waals surface area contributed by atoms with Crippen LogP contribution in [-0.2, 0) is 0 Å². The predicted octanol–water partition coefficient (Wildman–Crippen LogP) is 2.17. The van der Waals surface area contributed by atoms with Gasteiger partial charge in [0, 0.05) is 25.4 Å². The van der Waals surface area contributed by atoms with Crippen LogP contribution in [0.2, 0.25) is 0 Å². The second-order valence-electron chi connectivity index (χ2n) is 6.22. The molecule has 4 heterocycles. The van der Waals surface area contributed by atoms with Crippen molar-refractivity contribution < 1.29 is 4.79 Å². The van der Waals surface area contributed by atoms with Crippen molar-refractivity contribution in [3.05, 3.63) is 29.9 Å². The van der Waals surface area contributed by atoms with Gasteiger partial charge in [-0.25, -0.2) is 14.5 Å². The van der Waals surface area contributed by atoms with Gasteiger partial charge in [-0.2, -0.15) is 0 Å². The smallest absolute Gasteiger partial charge is 0.271 e. The number of allylic oxidation sites excluding steroid dienone is 1. The molecular formula is C17H21N7O. The van der Waals surface area contributed by atoms with Crippen LogP contribution >= 0.6 is 0 Å². The molecule has 0 radical (unpaired) electrons. The third-order valence-electron chi connectivity index (χ3n) is 4.45. The van der Waals surface area contributed by atoms with E-state index in [1.807, 2.05) is 13.1 Å². The first-order valence-corrected chi connectivity index (χ1v) is 8.63. The van der Waals surface area contributed by atoms with Crippen molar-refractivity contribution in [3.8, 4) is 0 Å². The number of hydrogen-bond donors (Lipinski definition) is 3. The highest BCUT2D eigenvalue weighted by Gasteiger charge is 2.17. The van der Waals surface area contributed by atoms with E-state index in [1.165, 1.54) is 5.71 Å². The number of carbonyl (C=O) groups is 1. The van der Waals surface area contributed by atoms with Crippen molar-refractivity contribution in [1.29, 1.82) is 0 Å². The SMILES string of the molecule is CNc1cc2nn3c(cnc13)C(=O)NCCCCC1=NC(=CCC1)N2. The topological polar surface area (TPSA) is 95.7 Å². The van der Waals surface area contributed by atoms with Crippen LogP contribution in [0.1, 0.15) is 42.6 Å². The number of aromatic nitrogens is 3. The van der Waals surface area contributed by atoms with Crippen molar-refractivity contribution in [2.24, 2.45) is 4.99 Å². The number of amides is 1. The van der Waals surface area contributed by atoms with Gasteiger partial charge in [-0.3, -0.25) is 4.79 Å². The van der Waals surface area contributed by atoms with Crippen molar-refractivity contribution in [2.45, 2.75) is 32.1 Å². The first-order valence-electron chi connectivity index (χ1n) is 8.63. The molecule has 4 rings (SSSR count). The zero-order chi connectivity index (χ0) is 17.2. The van der Waals surface area contributed by atoms with Crippen LogP contribution in [0.15, 0.2) is 29.2 Å². The van der Waals surface area contributed by atoms with E-state index in [0.717, 1.165) is 43.6 Å². The standard InChI is InChI=1S/C17H21N7O/c1-18-12-9-15-22-14-7-4-6-11(21-14)5-2-3-8-19-17(25)13-10-20-16(12)24(13)23-15/h7,9-10,18H,2-6,8H2,1H3,(H,19,25)(H,22,23). The number of aliphatic imine (C=N–C) groups is 1. The molecule has 0 saturated carbocycles. The van der Waals surface area contributed by atoms with Crippen LogP contribution in [0.25, 0.3) is 5.65 Å². The molecule has 0 aliphatic carbocycles. The maximum absolute atomic E-state index is 12.5. The van der Waals surface area contributed by atoms with Gasteiger partial charge < -0.3 is 16.0 Å². The average Bonchev–Trinajstić information content (AvgIpc) is 3.04. The zero-order valence-electron chi connectivity index (χ0n) is 14.2. The maximum Gasteiger partial charge on any atom is 0.271 e. The minimum Gasteiger partial charge on any atom is -0.385 e. The molecule has 2 aromatic rings. The Morgan fingerprint density at radius 2 is 2.20 bits per heavy atom. The number of imidazole rings is 1. The number of hydrogen-bond acceptors (Lipinski definition) is 6. The quantitative estimate of drug-likeness (QED) is 0.740. The minimum absolute atomic E-state index is 0.159. The molecule has 0 saturated heterocycles. The normalized spacial score (nSPS) is 18.0. The first-order chi connectivity index (χ1) is 12.2. The molecule has 130 valence electrons. The van der Waals surface area contributed by atoms with E-state index in [1.54, 1.807) is 10.7 Å². The Bertz CT molecular complexity index is 880. The highest BCUT2D eigenvalue weighted by atomic mass is 16.2. The van der Waals surface area contributed by atoms with Crippen LogP contribution in [0.5, 0.6) is 0 Å². The Kier molecular flexibility index (Phi) is 4.09. The molecule has 0 atom stereocenters. The highest BCUT2D eigenvalue weighted by molar-refractivity contribution is 5.94. The predicted molar refractivity (Wildman–Crippen MR) is 97.1 cm³/mol. The highest BCUT2D eigenvalue weighted by Crippen LogP contribution is 2.23. The van der Waals surface area contributed by atoms with Crippen LogP contribution in [0.3, 0.4) is 0 Å². The van der Waals surface area contributed by atoms with Gasteiger partial charge in [0.25, 0.3) is 5.91 Å². The van der Waals surface area contributed by atoms with Gasteiger partial charge in [0.1, 0.15) is 5.82 Å². The van der Waals surface area contributed by atoms with Crippen molar-refractivity contribution in [1.82, 2.24) is 19.9 Å².